The maximum absolute atomic E-state index is 4.86. The summed E-state index contributed by atoms with van der Waals surface area (Å²) in [5.41, 5.74) is 1.16. The van der Waals surface area contributed by atoms with E-state index in [4.69, 9.17) is 4.99 Å². The molecule has 152 valence electrons. The minimum absolute atomic E-state index is 0. The molecule has 28 heavy (non-hydrogen) atoms. The van der Waals surface area contributed by atoms with Gasteiger partial charge in [-0.25, -0.2) is 15.0 Å². The van der Waals surface area contributed by atoms with Gasteiger partial charge in [0.2, 0.25) is 0 Å². The highest BCUT2D eigenvalue weighted by Gasteiger charge is 2.20. The summed E-state index contributed by atoms with van der Waals surface area (Å²) >= 11 is 0. The van der Waals surface area contributed by atoms with Crippen LogP contribution in [0.3, 0.4) is 0 Å². The van der Waals surface area contributed by atoms with E-state index in [9.17, 15) is 0 Å². The molecule has 1 fully saturated rings. The van der Waals surface area contributed by atoms with Gasteiger partial charge in [0.05, 0.1) is 6.54 Å². The molecule has 0 atom stereocenters. The van der Waals surface area contributed by atoms with Crippen molar-refractivity contribution in [1.29, 1.82) is 0 Å². The quantitative estimate of drug-likeness (QED) is 0.391. The molecule has 8 heteroatoms. The van der Waals surface area contributed by atoms with Gasteiger partial charge in [-0.3, -0.25) is 0 Å². The van der Waals surface area contributed by atoms with Gasteiger partial charge in [-0.1, -0.05) is 6.07 Å². The van der Waals surface area contributed by atoms with Gasteiger partial charge in [0.1, 0.15) is 11.6 Å². The van der Waals surface area contributed by atoms with Crippen LogP contribution >= 0.6 is 24.0 Å². The molecule has 1 aliphatic heterocycles. The van der Waals surface area contributed by atoms with Crippen molar-refractivity contribution >= 4 is 41.6 Å². The summed E-state index contributed by atoms with van der Waals surface area (Å²) in [6, 6.07) is 10.2. The van der Waals surface area contributed by atoms with E-state index in [-0.39, 0.29) is 24.0 Å². The van der Waals surface area contributed by atoms with Crippen LogP contribution in [0.5, 0.6) is 0 Å². The number of rotatable bonds is 5. The van der Waals surface area contributed by atoms with Crippen LogP contribution in [0.1, 0.15) is 12.5 Å². The molecule has 1 aliphatic rings. The molecule has 0 bridgehead atoms. The van der Waals surface area contributed by atoms with E-state index in [1.807, 2.05) is 49.6 Å². The standard InChI is InChI=1S/C20H29N7.HI/c1-4-21-20(24-16-17-8-10-23-19(15-17)25(2)3)27-13-11-26(12-14-27)18-7-5-6-9-22-18;/h5-10,15H,4,11-14,16H2,1-3H3,(H,21,24);1H. The van der Waals surface area contributed by atoms with Crippen LogP contribution in [-0.4, -0.2) is 67.6 Å². The van der Waals surface area contributed by atoms with Gasteiger partial charge < -0.3 is 20.0 Å². The van der Waals surface area contributed by atoms with Crippen molar-refractivity contribution in [3.63, 3.8) is 0 Å². The molecule has 0 radical (unpaired) electrons. The Morgan fingerprint density at radius 3 is 2.54 bits per heavy atom. The fourth-order valence-corrected chi connectivity index (χ4v) is 3.08. The van der Waals surface area contributed by atoms with Crippen molar-refractivity contribution in [3.8, 4) is 0 Å². The Hall–Kier alpha value is -2.10. The molecule has 0 aromatic carbocycles. The van der Waals surface area contributed by atoms with Crippen LogP contribution in [0.25, 0.3) is 0 Å². The van der Waals surface area contributed by atoms with Crippen molar-refractivity contribution in [2.75, 3.05) is 56.6 Å². The first kappa shape index (κ1) is 22.2. The highest BCUT2D eigenvalue weighted by atomic mass is 127. The summed E-state index contributed by atoms with van der Waals surface area (Å²) in [7, 11) is 4.00. The lowest BCUT2D eigenvalue weighted by molar-refractivity contribution is 0.371. The van der Waals surface area contributed by atoms with E-state index in [0.29, 0.717) is 6.54 Å². The molecule has 0 spiro atoms. The minimum atomic E-state index is 0. The average molecular weight is 495 g/mol. The van der Waals surface area contributed by atoms with E-state index in [1.54, 1.807) is 0 Å². The summed E-state index contributed by atoms with van der Waals surface area (Å²) in [5.74, 6) is 2.98. The summed E-state index contributed by atoms with van der Waals surface area (Å²) in [4.78, 5) is 20.3. The monoisotopic (exact) mass is 495 g/mol. The van der Waals surface area contributed by atoms with Crippen LogP contribution in [0, 0.1) is 0 Å². The van der Waals surface area contributed by atoms with E-state index >= 15 is 0 Å². The fourth-order valence-electron chi connectivity index (χ4n) is 3.08. The van der Waals surface area contributed by atoms with Crippen molar-refractivity contribution in [3.05, 3.63) is 48.3 Å². The van der Waals surface area contributed by atoms with Crippen molar-refractivity contribution < 1.29 is 0 Å². The molecule has 2 aromatic heterocycles. The van der Waals surface area contributed by atoms with Gasteiger partial charge in [-0.15, -0.1) is 24.0 Å². The van der Waals surface area contributed by atoms with Crippen LogP contribution < -0.4 is 15.1 Å². The molecule has 0 aliphatic carbocycles. The molecule has 3 heterocycles. The number of halogens is 1. The first-order chi connectivity index (χ1) is 13.2. The maximum atomic E-state index is 4.86. The molecule has 2 aromatic rings. The van der Waals surface area contributed by atoms with E-state index < -0.39 is 0 Å². The van der Waals surface area contributed by atoms with Crippen LogP contribution in [0.2, 0.25) is 0 Å². The number of nitrogens with zero attached hydrogens (tertiary/aromatic N) is 6. The highest BCUT2D eigenvalue weighted by molar-refractivity contribution is 14.0. The van der Waals surface area contributed by atoms with Crippen molar-refractivity contribution in [1.82, 2.24) is 20.2 Å². The van der Waals surface area contributed by atoms with Gasteiger partial charge in [0.15, 0.2) is 5.96 Å². The predicted octanol–water partition coefficient (Wildman–Crippen LogP) is 2.45. The maximum Gasteiger partial charge on any atom is 0.194 e. The molecule has 1 N–H and O–H groups in total. The number of hydrogen-bond donors (Lipinski definition) is 1. The lowest BCUT2D eigenvalue weighted by Crippen LogP contribution is -2.52. The van der Waals surface area contributed by atoms with E-state index in [2.05, 4.69) is 44.1 Å². The first-order valence-electron chi connectivity index (χ1n) is 9.49. The summed E-state index contributed by atoms with van der Waals surface area (Å²) in [6.07, 6.45) is 3.70. The third-order valence-electron chi connectivity index (χ3n) is 4.57. The zero-order valence-electron chi connectivity index (χ0n) is 16.9. The number of guanidine groups is 1. The average Bonchev–Trinajstić information content (AvgIpc) is 2.72. The van der Waals surface area contributed by atoms with Crippen LogP contribution in [0.4, 0.5) is 11.6 Å². The number of aromatic nitrogens is 2. The Kier molecular flexibility index (Phi) is 8.75. The second kappa shape index (κ2) is 11.0. The SMILES string of the molecule is CCNC(=NCc1ccnc(N(C)C)c1)N1CCN(c2ccccn2)CC1.I. The second-order valence-corrected chi connectivity index (χ2v) is 6.75. The zero-order chi connectivity index (χ0) is 19.1. The Morgan fingerprint density at radius 1 is 1.11 bits per heavy atom. The molecular weight excluding hydrogens is 465 g/mol. The summed E-state index contributed by atoms with van der Waals surface area (Å²) < 4.78 is 0. The molecule has 0 amide bonds. The van der Waals surface area contributed by atoms with E-state index in [0.717, 1.165) is 55.9 Å². The molecular formula is C20H30IN7. The van der Waals surface area contributed by atoms with Crippen LogP contribution in [0.15, 0.2) is 47.7 Å². The number of piperazine rings is 1. The molecule has 0 saturated carbocycles. The lowest BCUT2D eigenvalue weighted by Gasteiger charge is -2.37. The number of hydrogen-bond acceptors (Lipinski definition) is 5. The second-order valence-electron chi connectivity index (χ2n) is 6.75. The minimum Gasteiger partial charge on any atom is -0.363 e. The molecule has 7 nitrogen and oxygen atoms in total. The summed E-state index contributed by atoms with van der Waals surface area (Å²) in [6.45, 7) is 7.37. The molecule has 0 unspecified atom stereocenters. The Morgan fingerprint density at radius 2 is 1.89 bits per heavy atom. The fraction of sp³-hybridized carbons (Fsp3) is 0.450. The molecule has 1 saturated heterocycles. The Balaban J connectivity index is 0.00000280. The Labute approximate surface area is 184 Å². The van der Waals surface area contributed by atoms with Crippen molar-refractivity contribution in [2.45, 2.75) is 13.5 Å². The molecule has 3 rings (SSSR count). The highest BCUT2D eigenvalue weighted by Crippen LogP contribution is 2.14. The normalized spacial score (nSPS) is 14.5. The topological polar surface area (TPSA) is 59.9 Å². The van der Waals surface area contributed by atoms with Gasteiger partial charge in [0.25, 0.3) is 0 Å². The largest absolute Gasteiger partial charge is 0.363 e. The number of nitrogens with one attached hydrogen (secondary N) is 1. The number of aliphatic imine (C=N–C) groups is 1. The third kappa shape index (κ3) is 5.95. The summed E-state index contributed by atoms with van der Waals surface area (Å²) in [5, 5.41) is 3.43. The van der Waals surface area contributed by atoms with Crippen molar-refractivity contribution in [2.24, 2.45) is 4.99 Å². The smallest absolute Gasteiger partial charge is 0.194 e. The Bertz CT molecular complexity index is 743. The predicted molar refractivity (Wildman–Crippen MR) is 127 cm³/mol. The number of pyridine rings is 2. The third-order valence-corrected chi connectivity index (χ3v) is 4.57. The first-order valence-corrected chi connectivity index (χ1v) is 9.49. The van der Waals surface area contributed by atoms with Gasteiger partial charge >= 0.3 is 0 Å². The number of anilines is 2. The van der Waals surface area contributed by atoms with Crippen LogP contribution in [-0.2, 0) is 6.54 Å². The van der Waals surface area contributed by atoms with E-state index in [1.165, 1.54) is 0 Å². The zero-order valence-corrected chi connectivity index (χ0v) is 19.2. The van der Waals surface area contributed by atoms with Gasteiger partial charge in [0, 0.05) is 59.2 Å². The lowest BCUT2D eigenvalue weighted by atomic mass is 10.2. The van der Waals surface area contributed by atoms with Gasteiger partial charge in [-0.05, 0) is 36.8 Å². The van der Waals surface area contributed by atoms with Gasteiger partial charge in [-0.2, -0.15) is 0 Å².